The van der Waals surface area contributed by atoms with Crippen LogP contribution in [-0.4, -0.2) is 25.8 Å². The number of hydrogen-bond acceptors (Lipinski definition) is 4. The second-order valence-corrected chi connectivity index (χ2v) is 5.72. The molecule has 2 aromatic rings. The highest BCUT2D eigenvalue weighted by atomic mass is 35.5. The molecule has 0 heterocycles. The van der Waals surface area contributed by atoms with Gasteiger partial charge in [-0.25, -0.2) is 0 Å². The summed E-state index contributed by atoms with van der Waals surface area (Å²) in [6, 6.07) is 12.6. The summed E-state index contributed by atoms with van der Waals surface area (Å²) in [6.45, 7) is 0. The Morgan fingerprint density at radius 1 is 1.10 bits per heavy atom. The molecule has 0 spiro atoms. The van der Waals surface area contributed by atoms with Crippen LogP contribution < -0.4 is 9.47 Å². The van der Waals surface area contributed by atoms with Crippen LogP contribution >= 0.6 is 23.4 Å². The Morgan fingerprint density at radius 2 is 1.81 bits per heavy atom. The van der Waals surface area contributed by atoms with Gasteiger partial charge in [0.1, 0.15) is 11.5 Å². The first kappa shape index (κ1) is 15.7. The van der Waals surface area contributed by atoms with E-state index in [4.69, 9.17) is 21.1 Å². The van der Waals surface area contributed by atoms with Gasteiger partial charge >= 0.3 is 0 Å². The van der Waals surface area contributed by atoms with Crippen LogP contribution in [0.4, 0.5) is 0 Å². The molecule has 0 bridgehead atoms. The predicted molar refractivity (Wildman–Crippen MR) is 86.1 cm³/mol. The molecule has 0 unspecified atom stereocenters. The molecule has 2 aromatic carbocycles. The third kappa shape index (κ3) is 4.16. The second kappa shape index (κ2) is 7.38. The maximum absolute atomic E-state index is 12.4. The second-order valence-electron chi connectivity index (χ2n) is 4.23. The number of ether oxygens (including phenoxy) is 2. The molecule has 0 radical (unpaired) electrons. The van der Waals surface area contributed by atoms with Crippen molar-refractivity contribution in [3.05, 3.63) is 53.1 Å². The Hall–Kier alpha value is -1.65. The Balaban J connectivity index is 2.10. The van der Waals surface area contributed by atoms with Gasteiger partial charge in [-0.1, -0.05) is 11.6 Å². The van der Waals surface area contributed by atoms with Gasteiger partial charge < -0.3 is 9.47 Å². The lowest BCUT2D eigenvalue weighted by molar-refractivity contribution is 0.101. The fourth-order valence-corrected chi connectivity index (χ4v) is 2.70. The van der Waals surface area contributed by atoms with Crippen LogP contribution in [0.25, 0.3) is 0 Å². The quantitative estimate of drug-likeness (QED) is 0.585. The molecule has 3 nitrogen and oxygen atoms in total. The van der Waals surface area contributed by atoms with E-state index in [9.17, 15) is 4.79 Å². The van der Waals surface area contributed by atoms with Gasteiger partial charge in [0.15, 0.2) is 5.78 Å². The summed E-state index contributed by atoms with van der Waals surface area (Å²) in [5.41, 5.74) is 0.526. The Kier molecular flexibility index (Phi) is 5.53. The molecule has 5 heteroatoms. The van der Waals surface area contributed by atoms with E-state index in [0.717, 1.165) is 4.90 Å². The number of hydrogen-bond donors (Lipinski definition) is 0. The Morgan fingerprint density at radius 3 is 2.43 bits per heavy atom. The van der Waals surface area contributed by atoms with Gasteiger partial charge in [0.05, 0.1) is 25.5 Å². The third-order valence-electron chi connectivity index (χ3n) is 2.89. The average molecular weight is 323 g/mol. The van der Waals surface area contributed by atoms with Crippen molar-refractivity contribution >= 4 is 29.1 Å². The van der Waals surface area contributed by atoms with Crippen LogP contribution in [0, 0.1) is 0 Å². The van der Waals surface area contributed by atoms with E-state index in [1.54, 1.807) is 44.6 Å². The lowest BCUT2D eigenvalue weighted by Gasteiger charge is -2.09. The van der Waals surface area contributed by atoms with Crippen LogP contribution in [0.3, 0.4) is 0 Å². The first-order valence-corrected chi connectivity index (χ1v) is 7.64. The van der Waals surface area contributed by atoms with Crippen molar-refractivity contribution < 1.29 is 14.3 Å². The largest absolute Gasteiger partial charge is 0.497 e. The number of benzene rings is 2. The summed E-state index contributed by atoms with van der Waals surface area (Å²) in [4.78, 5) is 13.3. The SMILES string of the molecule is COc1ccc(OC)c(C(=O)CSc2ccc(Cl)cc2)c1. The van der Waals surface area contributed by atoms with Crippen molar-refractivity contribution in [2.75, 3.05) is 20.0 Å². The number of carbonyl (C=O) groups is 1. The zero-order valence-electron chi connectivity index (χ0n) is 11.8. The van der Waals surface area contributed by atoms with Crippen LogP contribution in [0.2, 0.25) is 5.02 Å². The van der Waals surface area contributed by atoms with Crippen LogP contribution in [0.1, 0.15) is 10.4 Å². The summed E-state index contributed by atoms with van der Waals surface area (Å²) in [5.74, 6) is 1.50. The molecular weight excluding hydrogens is 308 g/mol. The lowest BCUT2D eigenvalue weighted by atomic mass is 10.1. The fraction of sp³-hybridized carbons (Fsp3) is 0.188. The number of halogens is 1. The Labute approximate surface area is 133 Å². The summed E-state index contributed by atoms with van der Waals surface area (Å²) in [7, 11) is 3.11. The highest BCUT2D eigenvalue weighted by Gasteiger charge is 2.14. The van der Waals surface area contributed by atoms with Crippen LogP contribution in [0.5, 0.6) is 11.5 Å². The maximum atomic E-state index is 12.4. The van der Waals surface area contributed by atoms with E-state index in [1.807, 2.05) is 12.1 Å². The third-order valence-corrected chi connectivity index (χ3v) is 4.15. The summed E-state index contributed by atoms with van der Waals surface area (Å²) in [6.07, 6.45) is 0. The molecule has 0 aliphatic rings. The molecule has 0 N–H and O–H groups in total. The molecule has 0 atom stereocenters. The molecule has 0 saturated heterocycles. The van der Waals surface area contributed by atoms with E-state index >= 15 is 0 Å². The molecule has 21 heavy (non-hydrogen) atoms. The number of ketones is 1. The number of methoxy groups -OCH3 is 2. The van der Waals surface area contributed by atoms with E-state index in [2.05, 4.69) is 0 Å². The number of carbonyl (C=O) groups excluding carboxylic acids is 1. The first-order chi connectivity index (χ1) is 10.1. The zero-order chi connectivity index (χ0) is 15.2. The molecule has 110 valence electrons. The van der Waals surface area contributed by atoms with E-state index in [-0.39, 0.29) is 5.78 Å². The molecule has 0 amide bonds. The highest BCUT2D eigenvalue weighted by molar-refractivity contribution is 8.00. The molecular formula is C16H15ClO3S. The summed E-state index contributed by atoms with van der Waals surface area (Å²) >= 11 is 7.30. The average Bonchev–Trinajstić information content (AvgIpc) is 2.53. The van der Waals surface area contributed by atoms with Gasteiger partial charge in [-0.2, -0.15) is 0 Å². The molecule has 0 aliphatic heterocycles. The van der Waals surface area contributed by atoms with Gasteiger partial charge in [-0.3, -0.25) is 4.79 Å². The van der Waals surface area contributed by atoms with Crippen LogP contribution in [0.15, 0.2) is 47.4 Å². The molecule has 0 fully saturated rings. The van der Waals surface area contributed by atoms with Gasteiger partial charge in [0, 0.05) is 9.92 Å². The minimum absolute atomic E-state index is 0.00861. The van der Waals surface area contributed by atoms with Gasteiger partial charge in [0.25, 0.3) is 0 Å². The number of rotatable bonds is 6. The van der Waals surface area contributed by atoms with Gasteiger partial charge in [-0.05, 0) is 42.5 Å². The molecule has 0 aromatic heterocycles. The zero-order valence-corrected chi connectivity index (χ0v) is 13.3. The van der Waals surface area contributed by atoms with Crippen molar-refractivity contribution in [2.24, 2.45) is 0 Å². The maximum Gasteiger partial charge on any atom is 0.176 e. The fourth-order valence-electron chi connectivity index (χ4n) is 1.79. The highest BCUT2D eigenvalue weighted by Crippen LogP contribution is 2.27. The normalized spacial score (nSPS) is 10.2. The van der Waals surface area contributed by atoms with Crippen LogP contribution in [-0.2, 0) is 0 Å². The van der Waals surface area contributed by atoms with Crippen molar-refractivity contribution in [2.45, 2.75) is 4.90 Å². The van der Waals surface area contributed by atoms with E-state index in [1.165, 1.54) is 11.8 Å². The predicted octanol–water partition coefficient (Wildman–Crippen LogP) is 4.33. The monoisotopic (exact) mass is 322 g/mol. The number of Topliss-reactive ketones (excluding diaryl/α,β-unsaturated/α-hetero) is 1. The number of thioether (sulfide) groups is 1. The molecule has 2 rings (SSSR count). The van der Waals surface area contributed by atoms with Gasteiger partial charge in [0.2, 0.25) is 0 Å². The van der Waals surface area contributed by atoms with Crippen molar-refractivity contribution in [3.63, 3.8) is 0 Å². The summed E-state index contributed by atoms with van der Waals surface area (Å²) in [5, 5.41) is 0.681. The standard InChI is InChI=1S/C16H15ClO3S/c1-19-12-5-8-16(20-2)14(9-12)15(18)10-21-13-6-3-11(17)4-7-13/h3-9H,10H2,1-2H3. The van der Waals surface area contributed by atoms with Gasteiger partial charge in [-0.15, -0.1) is 11.8 Å². The van der Waals surface area contributed by atoms with E-state index in [0.29, 0.717) is 27.8 Å². The van der Waals surface area contributed by atoms with Crippen molar-refractivity contribution in [3.8, 4) is 11.5 Å². The molecule has 0 aliphatic carbocycles. The Bertz CT molecular complexity index is 626. The first-order valence-electron chi connectivity index (χ1n) is 6.27. The minimum Gasteiger partial charge on any atom is -0.497 e. The lowest BCUT2D eigenvalue weighted by Crippen LogP contribution is -2.05. The minimum atomic E-state index is -0.00861. The van der Waals surface area contributed by atoms with Crippen molar-refractivity contribution in [1.82, 2.24) is 0 Å². The molecule has 0 saturated carbocycles. The van der Waals surface area contributed by atoms with E-state index < -0.39 is 0 Å². The van der Waals surface area contributed by atoms with Crippen molar-refractivity contribution in [1.29, 1.82) is 0 Å². The smallest absolute Gasteiger partial charge is 0.176 e. The topological polar surface area (TPSA) is 35.5 Å². The summed E-state index contributed by atoms with van der Waals surface area (Å²) < 4.78 is 10.4.